The van der Waals surface area contributed by atoms with E-state index >= 15 is 0 Å². The molecule has 0 fully saturated rings. The number of hydrogen-bond acceptors (Lipinski definition) is 7. The smallest absolute Gasteiger partial charge is 0.293 e. The van der Waals surface area contributed by atoms with E-state index in [1.165, 1.54) is 6.20 Å². The molecule has 1 N–H and O–H groups in total. The minimum Gasteiger partial charge on any atom is -0.319 e. The lowest BCUT2D eigenvalue weighted by molar-refractivity contribution is 0.740. The number of nitrogens with zero attached hydrogens (tertiary/aromatic N) is 7. The summed E-state index contributed by atoms with van der Waals surface area (Å²) in [7, 11) is 1.87. The lowest BCUT2D eigenvalue weighted by Gasteiger charge is -2.07. The highest BCUT2D eigenvalue weighted by atomic mass is 16.1. The minimum atomic E-state index is -0.387. The van der Waals surface area contributed by atoms with Crippen LogP contribution in [-0.4, -0.2) is 34.3 Å². The highest BCUT2D eigenvalue weighted by Crippen LogP contribution is 2.26. The van der Waals surface area contributed by atoms with Crippen LogP contribution in [0.1, 0.15) is 5.69 Å². The van der Waals surface area contributed by atoms with Crippen LogP contribution < -0.4 is 10.9 Å². The van der Waals surface area contributed by atoms with E-state index < -0.39 is 0 Å². The highest BCUT2D eigenvalue weighted by Gasteiger charge is 2.17. The first-order chi connectivity index (χ1) is 14.1. The molecular formula is C20H16N8O. The van der Waals surface area contributed by atoms with Crippen LogP contribution in [0.4, 0.5) is 11.6 Å². The molecule has 9 heteroatoms. The van der Waals surface area contributed by atoms with Crippen molar-refractivity contribution in [2.75, 3.05) is 5.32 Å². The van der Waals surface area contributed by atoms with E-state index in [1.54, 1.807) is 33.6 Å². The van der Waals surface area contributed by atoms with Crippen molar-refractivity contribution in [1.29, 1.82) is 0 Å². The van der Waals surface area contributed by atoms with E-state index in [2.05, 4.69) is 25.5 Å². The van der Waals surface area contributed by atoms with Crippen molar-refractivity contribution in [3.05, 3.63) is 70.9 Å². The number of hydrogen-bond donors (Lipinski definition) is 1. The Balaban J connectivity index is 1.77. The van der Waals surface area contributed by atoms with Crippen molar-refractivity contribution >= 4 is 28.2 Å². The third kappa shape index (κ3) is 2.80. The first-order valence-electron chi connectivity index (χ1n) is 8.98. The van der Waals surface area contributed by atoms with Gasteiger partial charge in [-0.25, -0.2) is 15.0 Å². The molecule has 0 unspecified atom stereocenters. The van der Waals surface area contributed by atoms with Gasteiger partial charge in [0.15, 0.2) is 11.5 Å². The van der Waals surface area contributed by atoms with Crippen LogP contribution in [-0.2, 0) is 7.05 Å². The maximum absolute atomic E-state index is 12.2. The summed E-state index contributed by atoms with van der Waals surface area (Å²) in [6.45, 7) is 1.96. The number of rotatable bonds is 3. The summed E-state index contributed by atoms with van der Waals surface area (Å²) in [5.41, 5.74) is 3.08. The summed E-state index contributed by atoms with van der Waals surface area (Å²) < 4.78 is 3.38. The lowest BCUT2D eigenvalue weighted by atomic mass is 10.2. The Morgan fingerprint density at radius 3 is 2.69 bits per heavy atom. The van der Waals surface area contributed by atoms with Gasteiger partial charge in [-0.05, 0) is 31.2 Å². The summed E-state index contributed by atoms with van der Waals surface area (Å²) in [4.78, 5) is 25.5. The molecule has 0 aliphatic rings. The molecule has 4 heterocycles. The second-order valence-corrected chi connectivity index (χ2v) is 6.56. The maximum Gasteiger partial charge on any atom is 0.293 e. The SMILES string of the molecule is Cc1c(-c2nc3c4ccccc4nc(Nc4ccccnc4=O)n3n2)cnn1C. The van der Waals surface area contributed by atoms with E-state index in [-0.39, 0.29) is 5.56 Å². The predicted molar refractivity (Wildman–Crippen MR) is 109 cm³/mol. The van der Waals surface area contributed by atoms with Crippen molar-refractivity contribution in [3.8, 4) is 11.4 Å². The molecule has 0 amide bonds. The van der Waals surface area contributed by atoms with Crippen molar-refractivity contribution in [3.63, 3.8) is 0 Å². The Labute approximate surface area is 164 Å². The normalized spacial score (nSPS) is 11.2. The van der Waals surface area contributed by atoms with Gasteiger partial charge in [0.05, 0.1) is 17.3 Å². The van der Waals surface area contributed by atoms with Gasteiger partial charge in [-0.3, -0.25) is 9.48 Å². The van der Waals surface area contributed by atoms with E-state index in [4.69, 9.17) is 4.98 Å². The molecule has 29 heavy (non-hydrogen) atoms. The Morgan fingerprint density at radius 2 is 1.86 bits per heavy atom. The molecule has 5 aromatic rings. The van der Waals surface area contributed by atoms with Gasteiger partial charge < -0.3 is 5.32 Å². The van der Waals surface area contributed by atoms with Crippen molar-refractivity contribution in [1.82, 2.24) is 34.3 Å². The number of nitrogens with one attached hydrogen (secondary N) is 1. The van der Waals surface area contributed by atoms with Gasteiger partial charge in [-0.1, -0.05) is 18.2 Å². The molecule has 4 aromatic heterocycles. The van der Waals surface area contributed by atoms with E-state index in [9.17, 15) is 4.79 Å². The zero-order valence-electron chi connectivity index (χ0n) is 15.7. The number of benzene rings is 1. The molecule has 9 nitrogen and oxygen atoms in total. The van der Waals surface area contributed by atoms with E-state index in [1.807, 2.05) is 38.2 Å². The monoisotopic (exact) mass is 384 g/mol. The van der Waals surface area contributed by atoms with Crippen molar-refractivity contribution in [2.24, 2.45) is 7.05 Å². The zero-order chi connectivity index (χ0) is 20.0. The van der Waals surface area contributed by atoms with Crippen LogP contribution in [0.15, 0.2) is 59.7 Å². The summed E-state index contributed by atoms with van der Waals surface area (Å²) >= 11 is 0. The van der Waals surface area contributed by atoms with Gasteiger partial charge >= 0.3 is 0 Å². The first kappa shape index (κ1) is 17.0. The van der Waals surface area contributed by atoms with Crippen molar-refractivity contribution < 1.29 is 0 Å². The second-order valence-electron chi connectivity index (χ2n) is 6.56. The molecule has 0 spiro atoms. The first-order valence-corrected chi connectivity index (χ1v) is 8.98. The molecule has 0 bridgehead atoms. The number of aromatic nitrogens is 7. The number of para-hydroxylation sites is 1. The van der Waals surface area contributed by atoms with E-state index in [0.29, 0.717) is 23.1 Å². The Hall–Kier alpha value is -4.14. The molecule has 142 valence electrons. The predicted octanol–water partition coefficient (Wildman–Crippen LogP) is 2.49. The quantitative estimate of drug-likeness (QED) is 0.510. The second kappa shape index (κ2) is 6.48. The van der Waals surface area contributed by atoms with Gasteiger partial charge in [0, 0.05) is 24.3 Å². The van der Waals surface area contributed by atoms with E-state index in [0.717, 1.165) is 22.2 Å². The number of anilines is 2. The molecule has 5 rings (SSSR count). The fraction of sp³-hybridized carbons (Fsp3) is 0.100. The van der Waals surface area contributed by atoms with Gasteiger partial charge in [-0.2, -0.15) is 9.61 Å². The Kier molecular flexibility index (Phi) is 3.80. The average Bonchev–Trinajstić information content (AvgIpc) is 3.24. The van der Waals surface area contributed by atoms with Gasteiger partial charge in [0.1, 0.15) is 5.69 Å². The lowest BCUT2D eigenvalue weighted by Crippen LogP contribution is -2.11. The molecule has 0 aliphatic carbocycles. The third-order valence-electron chi connectivity index (χ3n) is 4.78. The zero-order valence-corrected chi connectivity index (χ0v) is 15.7. The topological polar surface area (TPSA) is 103 Å². The summed E-state index contributed by atoms with van der Waals surface area (Å²) in [5.74, 6) is 0.917. The Morgan fingerprint density at radius 1 is 1.03 bits per heavy atom. The van der Waals surface area contributed by atoms with Gasteiger partial charge in [0.25, 0.3) is 5.56 Å². The molecule has 0 saturated carbocycles. The van der Waals surface area contributed by atoms with Crippen LogP contribution in [0.25, 0.3) is 27.9 Å². The highest BCUT2D eigenvalue weighted by molar-refractivity contribution is 5.93. The van der Waals surface area contributed by atoms with Crippen LogP contribution >= 0.6 is 0 Å². The molecule has 0 radical (unpaired) electrons. The third-order valence-corrected chi connectivity index (χ3v) is 4.78. The molecule has 0 saturated heterocycles. The molecule has 1 aromatic carbocycles. The fourth-order valence-electron chi connectivity index (χ4n) is 3.14. The number of fused-ring (bicyclic) bond motifs is 3. The molecular weight excluding hydrogens is 368 g/mol. The standard InChI is InChI=1S/C20H16N8O/c1-12-14(11-22-27(12)2)17-25-18-13-7-3-4-8-15(13)23-20(28(18)26-17)24-16-9-5-6-10-21-19(16)29/h3-11H,1-2H3,(H,21,23,24,29). The summed E-state index contributed by atoms with van der Waals surface area (Å²) in [6.07, 6.45) is 3.19. The van der Waals surface area contributed by atoms with Crippen molar-refractivity contribution in [2.45, 2.75) is 6.92 Å². The van der Waals surface area contributed by atoms with Crippen LogP contribution in [0.2, 0.25) is 0 Å². The summed E-state index contributed by atoms with van der Waals surface area (Å²) in [6, 6.07) is 12.8. The average molecular weight is 384 g/mol. The maximum atomic E-state index is 12.2. The van der Waals surface area contributed by atoms with Crippen LogP contribution in [0.5, 0.6) is 0 Å². The van der Waals surface area contributed by atoms with Gasteiger partial charge in [-0.15, -0.1) is 5.10 Å². The summed E-state index contributed by atoms with van der Waals surface area (Å²) in [5, 5.41) is 12.9. The number of aryl methyl sites for hydroxylation is 1. The largest absolute Gasteiger partial charge is 0.319 e. The van der Waals surface area contributed by atoms with Crippen LogP contribution in [0, 0.1) is 6.92 Å². The molecule has 0 atom stereocenters. The van der Waals surface area contributed by atoms with Crippen LogP contribution in [0.3, 0.4) is 0 Å². The Bertz CT molecular complexity index is 1440. The fourth-order valence-corrected chi connectivity index (χ4v) is 3.14. The van der Waals surface area contributed by atoms with Gasteiger partial charge in [0.2, 0.25) is 5.95 Å². The molecule has 0 aliphatic heterocycles. The minimum absolute atomic E-state index is 0.300.